The fourth-order valence-electron chi connectivity index (χ4n) is 4.36. The van der Waals surface area contributed by atoms with Crippen molar-refractivity contribution in [3.05, 3.63) is 83.9 Å². The number of rotatable bonds is 2. The van der Waals surface area contributed by atoms with Crippen LogP contribution in [0.25, 0.3) is 0 Å². The molecule has 0 fully saturated rings. The zero-order valence-corrected chi connectivity index (χ0v) is 16.0. The summed E-state index contributed by atoms with van der Waals surface area (Å²) in [5.41, 5.74) is 2.00. The van der Waals surface area contributed by atoms with Crippen LogP contribution in [0, 0.1) is 0 Å². The van der Waals surface area contributed by atoms with Crippen molar-refractivity contribution >= 4 is 28.9 Å². The van der Waals surface area contributed by atoms with E-state index in [4.69, 9.17) is 4.74 Å². The summed E-state index contributed by atoms with van der Waals surface area (Å²) in [6.07, 6.45) is 0. The third-order valence-corrected chi connectivity index (χ3v) is 5.71. The second-order valence-electron chi connectivity index (χ2n) is 7.09. The third kappa shape index (κ3) is 2.17. The minimum absolute atomic E-state index is 0.226. The molecule has 2 heterocycles. The van der Waals surface area contributed by atoms with Crippen LogP contribution in [-0.2, 0) is 10.5 Å². The van der Waals surface area contributed by atoms with Crippen LogP contribution >= 0.6 is 0 Å². The van der Waals surface area contributed by atoms with Crippen molar-refractivity contribution in [1.29, 1.82) is 0 Å². The zero-order valence-electron chi connectivity index (χ0n) is 16.0. The van der Waals surface area contributed by atoms with Crippen LogP contribution in [0.2, 0.25) is 0 Å². The number of anilines is 3. The Hall–Kier alpha value is -3.80. The van der Waals surface area contributed by atoms with Crippen molar-refractivity contribution in [3.63, 3.8) is 0 Å². The number of hydrogen-bond donors (Lipinski definition) is 1. The van der Waals surface area contributed by atoms with E-state index in [-0.39, 0.29) is 11.8 Å². The number of likely N-dealkylation sites (N-methyl/N-ethyl adjacent to an activating group) is 1. The second-order valence-corrected chi connectivity index (χ2v) is 7.09. The van der Waals surface area contributed by atoms with Gasteiger partial charge in [-0.15, -0.1) is 0 Å². The van der Waals surface area contributed by atoms with Gasteiger partial charge in [0.15, 0.2) is 0 Å². The van der Waals surface area contributed by atoms with Crippen molar-refractivity contribution in [3.8, 4) is 5.75 Å². The summed E-state index contributed by atoms with van der Waals surface area (Å²) in [7, 11) is 3.44. The first-order chi connectivity index (χ1) is 14.1. The first-order valence-corrected chi connectivity index (χ1v) is 9.31. The fourth-order valence-corrected chi connectivity index (χ4v) is 4.36. The average Bonchev–Trinajstić information content (AvgIpc) is 3.05. The van der Waals surface area contributed by atoms with Gasteiger partial charge >= 0.3 is 0 Å². The highest BCUT2D eigenvalue weighted by molar-refractivity contribution is 6.22. The van der Waals surface area contributed by atoms with E-state index < -0.39 is 5.66 Å². The Balaban J connectivity index is 1.83. The molecule has 1 atom stereocenters. The van der Waals surface area contributed by atoms with Crippen LogP contribution in [0.1, 0.15) is 15.9 Å². The minimum atomic E-state index is -1.32. The summed E-state index contributed by atoms with van der Waals surface area (Å²) < 4.78 is 5.26. The van der Waals surface area contributed by atoms with Gasteiger partial charge in [-0.2, -0.15) is 0 Å². The molecule has 1 unspecified atom stereocenters. The fraction of sp³-hybridized carbons (Fsp3) is 0.130. The van der Waals surface area contributed by atoms with E-state index in [1.807, 2.05) is 54.4 Å². The van der Waals surface area contributed by atoms with Gasteiger partial charge in [0.1, 0.15) is 5.75 Å². The number of benzene rings is 3. The summed E-state index contributed by atoms with van der Waals surface area (Å²) in [6.45, 7) is 0. The van der Waals surface area contributed by atoms with Gasteiger partial charge < -0.3 is 15.0 Å². The summed E-state index contributed by atoms with van der Waals surface area (Å²) in [5.74, 6) is 0.188. The molecule has 5 rings (SSSR count). The summed E-state index contributed by atoms with van der Waals surface area (Å²) in [4.78, 5) is 30.7. The lowest BCUT2D eigenvalue weighted by atomic mass is 9.90. The van der Waals surface area contributed by atoms with Gasteiger partial charge in [0.05, 0.1) is 18.4 Å². The summed E-state index contributed by atoms with van der Waals surface area (Å²) in [5, 5.41) is 2.96. The van der Waals surface area contributed by atoms with Crippen LogP contribution in [0.3, 0.4) is 0 Å². The molecule has 6 heteroatoms. The molecule has 29 heavy (non-hydrogen) atoms. The molecule has 2 aliphatic rings. The smallest absolute Gasteiger partial charge is 0.276 e. The zero-order chi connectivity index (χ0) is 20.2. The van der Waals surface area contributed by atoms with Crippen molar-refractivity contribution in [2.75, 3.05) is 29.3 Å². The Morgan fingerprint density at radius 1 is 0.897 bits per heavy atom. The van der Waals surface area contributed by atoms with E-state index in [2.05, 4.69) is 5.32 Å². The van der Waals surface area contributed by atoms with Crippen molar-refractivity contribution in [2.45, 2.75) is 5.66 Å². The molecule has 6 nitrogen and oxygen atoms in total. The molecule has 0 aromatic heterocycles. The molecular formula is C23H19N3O3. The first-order valence-electron chi connectivity index (χ1n) is 9.31. The molecule has 3 aromatic carbocycles. The maximum Gasteiger partial charge on any atom is 0.276 e. The van der Waals surface area contributed by atoms with Crippen LogP contribution in [0.15, 0.2) is 72.8 Å². The quantitative estimate of drug-likeness (QED) is 0.732. The molecule has 3 aromatic rings. The van der Waals surface area contributed by atoms with E-state index in [9.17, 15) is 9.59 Å². The van der Waals surface area contributed by atoms with Gasteiger partial charge in [0.25, 0.3) is 11.8 Å². The third-order valence-electron chi connectivity index (χ3n) is 5.71. The van der Waals surface area contributed by atoms with E-state index in [0.29, 0.717) is 28.4 Å². The largest absolute Gasteiger partial charge is 0.497 e. The number of amides is 2. The maximum atomic E-state index is 13.7. The first kappa shape index (κ1) is 17.3. The predicted molar refractivity (Wildman–Crippen MR) is 111 cm³/mol. The molecular weight excluding hydrogens is 366 g/mol. The van der Waals surface area contributed by atoms with Crippen molar-refractivity contribution in [1.82, 2.24) is 0 Å². The molecule has 2 aliphatic heterocycles. The molecule has 1 spiro atoms. The lowest BCUT2D eigenvalue weighted by molar-refractivity contribution is -0.120. The Morgan fingerprint density at radius 2 is 1.59 bits per heavy atom. The maximum absolute atomic E-state index is 13.7. The van der Waals surface area contributed by atoms with Gasteiger partial charge in [-0.25, -0.2) is 0 Å². The van der Waals surface area contributed by atoms with Gasteiger partial charge in [0, 0.05) is 24.0 Å². The van der Waals surface area contributed by atoms with E-state index >= 15 is 0 Å². The Bertz CT molecular complexity index is 1140. The Labute approximate surface area is 168 Å². The van der Waals surface area contributed by atoms with E-state index in [1.54, 1.807) is 42.3 Å². The highest BCUT2D eigenvalue weighted by Gasteiger charge is 2.60. The average molecular weight is 385 g/mol. The molecule has 0 saturated carbocycles. The van der Waals surface area contributed by atoms with E-state index in [1.165, 1.54) is 0 Å². The molecule has 0 radical (unpaired) electrons. The number of carbonyl (C=O) groups excluding carboxylic acids is 2. The monoisotopic (exact) mass is 385 g/mol. The topological polar surface area (TPSA) is 61.9 Å². The molecule has 0 aliphatic carbocycles. The number of nitrogens with zero attached hydrogens (tertiary/aromatic N) is 2. The van der Waals surface area contributed by atoms with Crippen LogP contribution in [0.4, 0.5) is 17.1 Å². The van der Waals surface area contributed by atoms with Gasteiger partial charge in [-0.05, 0) is 42.5 Å². The van der Waals surface area contributed by atoms with E-state index in [0.717, 1.165) is 5.56 Å². The van der Waals surface area contributed by atoms with Crippen LogP contribution in [0.5, 0.6) is 5.75 Å². The number of nitrogens with one attached hydrogen (secondary N) is 1. The Morgan fingerprint density at radius 3 is 2.34 bits per heavy atom. The minimum Gasteiger partial charge on any atom is -0.497 e. The van der Waals surface area contributed by atoms with Crippen molar-refractivity contribution in [2.24, 2.45) is 0 Å². The molecule has 0 saturated heterocycles. The van der Waals surface area contributed by atoms with Gasteiger partial charge in [-0.1, -0.05) is 30.3 Å². The standard InChI is InChI=1S/C23H19N3O3/c1-25-20-10-6-3-7-17(20)21(27)26(15-11-13-16(29-2)14-12-15)23(25)18-8-4-5-9-19(18)24-22(23)28/h3-14H,1-2H3,(H,24,28). The number of methoxy groups -OCH3 is 1. The highest BCUT2D eigenvalue weighted by Crippen LogP contribution is 2.50. The number of carbonyl (C=O) groups is 2. The van der Waals surface area contributed by atoms with Gasteiger partial charge in [0.2, 0.25) is 5.66 Å². The second kappa shape index (κ2) is 6.10. The number of hydrogen-bond acceptors (Lipinski definition) is 4. The molecule has 0 bridgehead atoms. The molecule has 1 N–H and O–H groups in total. The number of fused-ring (bicyclic) bond motifs is 3. The van der Waals surface area contributed by atoms with Crippen molar-refractivity contribution < 1.29 is 14.3 Å². The predicted octanol–water partition coefficient (Wildman–Crippen LogP) is 3.60. The SMILES string of the molecule is COc1ccc(N2C(=O)c3ccccc3N(C)C23C(=O)Nc2ccccc23)cc1. The molecule has 2 amide bonds. The Kier molecular flexibility index (Phi) is 3.64. The lowest BCUT2D eigenvalue weighted by Crippen LogP contribution is -2.66. The van der Waals surface area contributed by atoms with Gasteiger partial charge in [-0.3, -0.25) is 14.5 Å². The molecule has 144 valence electrons. The lowest BCUT2D eigenvalue weighted by Gasteiger charge is -2.50. The number of ether oxygens (including phenoxy) is 1. The van der Waals surface area contributed by atoms with Crippen LogP contribution in [-0.4, -0.2) is 26.0 Å². The number of para-hydroxylation sites is 2. The summed E-state index contributed by atoms with van der Waals surface area (Å²) in [6, 6.07) is 22.0. The summed E-state index contributed by atoms with van der Waals surface area (Å²) >= 11 is 0. The highest BCUT2D eigenvalue weighted by atomic mass is 16.5. The van der Waals surface area contributed by atoms with Crippen LogP contribution < -0.4 is 19.9 Å². The normalized spacial score (nSPS) is 19.8.